The maximum Gasteiger partial charge on any atom is 0.306 e. The first-order valence-corrected chi connectivity index (χ1v) is 23.5. The van der Waals surface area contributed by atoms with Gasteiger partial charge in [0.15, 0.2) is 6.10 Å². The molecule has 0 aliphatic heterocycles. The lowest BCUT2D eigenvalue weighted by Gasteiger charge is -2.18. The molecule has 0 bridgehead atoms. The van der Waals surface area contributed by atoms with E-state index in [0.29, 0.717) is 19.3 Å². The molecule has 6 heteroatoms. The third-order valence-corrected chi connectivity index (χ3v) is 10.1. The number of carbonyl (C=O) groups is 3. The Labute approximate surface area is 340 Å². The monoisotopic (exact) mass is 773 g/mol. The minimum Gasteiger partial charge on any atom is -0.462 e. The number of unbranched alkanes of at least 4 members (excludes halogenated alkanes) is 25. The van der Waals surface area contributed by atoms with E-state index in [1.165, 1.54) is 109 Å². The number of esters is 3. The summed E-state index contributed by atoms with van der Waals surface area (Å²) in [6.07, 6.45) is 49.8. The molecule has 0 aromatic rings. The van der Waals surface area contributed by atoms with Gasteiger partial charge in [-0.2, -0.15) is 0 Å². The molecule has 0 aliphatic carbocycles. The second-order valence-electron chi connectivity index (χ2n) is 15.7. The van der Waals surface area contributed by atoms with Gasteiger partial charge < -0.3 is 14.2 Å². The Balaban J connectivity index is 4.35. The van der Waals surface area contributed by atoms with Crippen molar-refractivity contribution in [3.63, 3.8) is 0 Å². The summed E-state index contributed by atoms with van der Waals surface area (Å²) in [6.45, 7) is 6.54. The highest BCUT2D eigenvalue weighted by atomic mass is 16.6. The fourth-order valence-corrected chi connectivity index (χ4v) is 6.51. The normalized spacial score (nSPS) is 12.3. The molecule has 55 heavy (non-hydrogen) atoms. The Kier molecular flexibility index (Phi) is 42.4. The molecule has 0 aromatic heterocycles. The van der Waals surface area contributed by atoms with E-state index >= 15 is 0 Å². The molecule has 0 rings (SSSR count). The van der Waals surface area contributed by atoms with E-state index in [-0.39, 0.29) is 31.1 Å². The largest absolute Gasteiger partial charge is 0.462 e. The minimum absolute atomic E-state index is 0.0790. The summed E-state index contributed by atoms with van der Waals surface area (Å²) in [5, 5.41) is 0. The number of hydrogen-bond donors (Lipinski definition) is 0. The van der Waals surface area contributed by atoms with Gasteiger partial charge in [-0.05, 0) is 70.6 Å². The smallest absolute Gasteiger partial charge is 0.306 e. The molecule has 0 aromatic carbocycles. The van der Waals surface area contributed by atoms with Crippen LogP contribution in [-0.4, -0.2) is 37.2 Å². The van der Waals surface area contributed by atoms with Crippen molar-refractivity contribution in [2.45, 2.75) is 245 Å². The molecular weight excluding hydrogens is 685 g/mol. The number of carbonyl (C=O) groups excluding carboxylic acids is 3. The van der Waals surface area contributed by atoms with Crippen LogP contribution in [0.3, 0.4) is 0 Å². The van der Waals surface area contributed by atoms with E-state index in [9.17, 15) is 14.4 Å². The van der Waals surface area contributed by atoms with Crippen molar-refractivity contribution in [3.8, 4) is 0 Å². The standard InChI is InChI=1S/C49H88O6/c1-4-7-10-13-16-19-21-23-25-27-28-30-33-36-39-42-48(51)54-45-46(44-53-47(50)41-38-35-32-18-15-12-9-6-3)55-49(52)43-40-37-34-31-29-26-24-22-20-17-14-11-8-5-2/h14,17,22-25,46H,4-13,15-16,18-21,26-45H2,1-3H3/b17-14-,24-22-,25-23-. The maximum atomic E-state index is 12.7. The molecule has 0 radical (unpaired) electrons. The van der Waals surface area contributed by atoms with Crippen LogP contribution in [0.15, 0.2) is 36.5 Å². The van der Waals surface area contributed by atoms with Crippen LogP contribution in [0.4, 0.5) is 0 Å². The van der Waals surface area contributed by atoms with E-state index < -0.39 is 6.10 Å². The lowest BCUT2D eigenvalue weighted by Crippen LogP contribution is -2.30. The first kappa shape index (κ1) is 52.6. The maximum absolute atomic E-state index is 12.7. The quantitative estimate of drug-likeness (QED) is 0.0266. The van der Waals surface area contributed by atoms with Crippen molar-refractivity contribution in [3.05, 3.63) is 36.5 Å². The van der Waals surface area contributed by atoms with Crippen LogP contribution >= 0.6 is 0 Å². The Morgan fingerprint density at radius 2 is 0.673 bits per heavy atom. The second kappa shape index (κ2) is 44.3. The Morgan fingerprint density at radius 1 is 0.364 bits per heavy atom. The zero-order chi connectivity index (χ0) is 40.1. The third-order valence-electron chi connectivity index (χ3n) is 10.1. The summed E-state index contributed by atoms with van der Waals surface area (Å²) in [7, 11) is 0. The van der Waals surface area contributed by atoms with E-state index in [1.54, 1.807) is 0 Å². The average molecular weight is 773 g/mol. The van der Waals surface area contributed by atoms with E-state index in [0.717, 1.165) is 89.9 Å². The van der Waals surface area contributed by atoms with E-state index in [1.807, 2.05) is 0 Å². The van der Waals surface area contributed by atoms with Crippen LogP contribution in [0.5, 0.6) is 0 Å². The Hall–Kier alpha value is -2.37. The number of allylic oxidation sites excluding steroid dienone is 6. The molecule has 0 heterocycles. The minimum atomic E-state index is -0.777. The van der Waals surface area contributed by atoms with Crippen molar-refractivity contribution >= 4 is 17.9 Å². The SMILES string of the molecule is CCCC/C=C\C/C=C\CCCCCCCC(=O)OC(COC(=O)CCCCCCC/C=C\CCCCCCCC)COC(=O)CCCCCCCCCC. The van der Waals surface area contributed by atoms with Crippen molar-refractivity contribution in [1.29, 1.82) is 0 Å². The van der Waals surface area contributed by atoms with Gasteiger partial charge in [-0.15, -0.1) is 0 Å². The summed E-state index contributed by atoms with van der Waals surface area (Å²) in [5.41, 5.74) is 0. The molecule has 0 saturated heterocycles. The first-order valence-electron chi connectivity index (χ1n) is 23.5. The summed E-state index contributed by atoms with van der Waals surface area (Å²) >= 11 is 0. The second-order valence-corrected chi connectivity index (χ2v) is 15.7. The highest BCUT2D eigenvalue weighted by molar-refractivity contribution is 5.71. The predicted molar refractivity (Wildman–Crippen MR) is 233 cm³/mol. The highest BCUT2D eigenvalue weighted by Gasteiger charge is 2.19. The molecular formula is C49H88O6. The molecule has 1 atom stereocenters. The molecule has 0 spiro atoms. The molecule has 0 fully saturated rings. The van der Waals surface area contributed by atoms with Gasteiger partial charge in [0.1, 0.15) is 13.2 Å². The van der Waals surface area contributed by atoms with Gasteiger partial charge >= 0.3 is 17.9 Å². The molecule has 0 saturated carbocycles. The van der Waals surface area contributed by atoms with Gasteiger partial charge in [-0.25, -0.2) is 0 Å². The molecule has 1 unspecified atom stereocenters. The number of ether oxygens (including phenoxy) is 3. The molecule has 6 nitrogen and oxygen atoms in total. The fourth-order valence-electron chi connectivity index (χ4n) is 6.51. The topological polar surface area (TPSA) is 78.9 Å². The van der Waals surface area contributed by atoms with Crippen LogP contribution in [0.25, 0.3) is 0 Å². The van der Waals surface area contributed by atoms with E-state index in [4.69, 9.17) is 14.2 Å². The van der Waals surface area contributed by atoms with Gasteiger partial charge in [0.05, 0.1) is 0 Å². The number of hydrogen-bond acceptors (Lipinski definition) is 6. The van der Waals surface area contributed by atoms with Crippen molar-refractivity contribution in [2.24, 2.45) is 0 Å². The first-order chi connectivity index (χ1) is 27.0. The van der Waals surface area contributed by atoms with Crippen molar-refractivity contribution < 1.29 is 28.6 Å². The van der Waals surface area contributed by atoms with Gasteiger partial charge in [-0.3, -0.25) is 14.4 Å². The predicted octanol–water partition coefficient (Wildman–Crippen LogP) is 15.0. The lowest BCUT2D eigenvalue weighted by molar-refractivity contribution is -0.167. The Morgan fingerprint density at radius 3 is 1.07 bits per heavy atom. The van der Waals surface area contributed by atoms with Crippen molar-refractivity contribution in [2.75, 3.05) is 13.2 Å². The van der Waals surface area contributed by atoms with Gasteiger partial charge in [0.2, 0.25) is 0 Å². The zero-order valence-corrected chi connectivity index (χ0v) is 36.4. The van der Waals surface area contributed by atoms with Gasteiger partial charge in [0, 0.05) is 19.3 Å². The summed E-state index contributed by atoms with van der Waals surface area (Å²) in [5.74, 6) is -0.903. The summed E-state index contributed by atoms with van der Waals surface area (Å²) in [6, 6.07) is 0. The van der Waals surface area contributed by atoms with Crippen molar-refractivity contribution in [1.82, 2.24) is 0 Å². The Bertz CT molecular complexity index is 938. The van der Waals surface area contributed by atoms with Gasteiger partial charge in [0.25, 0.3) is 0 Å². The van der Waals surface area contributed by atoms with Crippen LogP contribution in [0.1, 0.15) is 239 Å². The van der Waals surface area contributed by atoms with Crippen LogP contribution in [0.2, 0.25) is 0 Å². The average Bonchev–Trinajstić information content (AvgIpc) is 3.18. The summed E-state index contributed by atoms with van der Waals surface area (Å²) in [4.78, 5) is 37.7. The summed E-state index contributed by atoms with van der Waals surface area (Å²) < 4.78 is 16.7. The van der Waals surface area contributed by atoms with Crippen LogP contribution in [0, 0.1) is 0 Å². The van der Waals surface area contributed by atoms with E-state index in [2.05, 4.69) is 57.2 Å². The van der Waals surface area contributed by atoms with Crippen LogP contribution in [-0.2, 0) is 28.6 Å². The van der Waals surface area contributed by atoms with Gasteiger partial charge in [-0.1, -0.05) is 186 Å². The zero-order valence-electron chi connectivity index (χ0n) is 36.4. The molecule has 0 amide bonds. The third kappa shape index (κ3) is 42.6. The number of rotatable bonds is 42. The highest BCUT2D eigenvalue weighted by Crippen LogP contribution is 2.14. The molecule has 0 aliphatic rings. The van der Waals surface area contributed by atoms with Crippen LogP contribution < -0.4 is 0 Å². The lowest BCUT2D eigenvalue weighted by atomic mass is 10.1. The molecule has 320 valence electrons. The molecule has 0 N–H and O–H groups in total. The fraction of sp³-hybridized carbons (Fsp3) is 0.816.